The van der Waals surface area contributed by atoms with Crippen LogP contribution in [0.2, 0.25) is 0 Å². The van der Waals surface area contributed by atoms with Crippen molar-refractivity contribution < 1.29 is 4.74 Å². The molecule has 1 heterocycles. The second-order valence-electron chi connectivity index (χ2n) is 4.44. The number of rotatable bonds is 5. The van der Waals surface area contributed by atoms with Crippen LogP contribution >= 0.6 is 11.3 Å². The summed E-state index contributed by atoms with van der Waals surface area (Å²) in [5, 5.41) is 7.91. The van der Waals surface area contributed by atoms with Crippen molar-refractivity contribution in [2.24, 2.45) is 0 Å². The van der Waals surface area contributed by atoms with E-state index in [4.69, 9.17) is 4.74 Å². The van der Waals surface area contributed by atoms with Crippen LogP contribution in [-0.2, 0) is 0 Å². The number of ether oxygens (including phenoxy) is 1. The molecule has 1 unspecified atom stereocenters. The van der Waals surface area contributed by atoms with Gasteiger partial charge in [0.2, 0.25) is 0 Å². The van der Waals surface area contributed by atoms with Gasteiger partial charge in [0.05, 0.1) is 7.11 Å². The number of thiophene rings is 1. The summed E-state index contributed by atoms with van der Waals surface area (Å²) in [5.74, 6) is 0.900. The zero-order chi connectivity index (χ0) is 13.0. The van der Waals surface area contributed by atoms with Crippen LogP contribution in [-0.4, -0.2) is 7.11 Å². The van der Waals surface area contributed by atoms with Crippen LogP contribution in [0, 0.1) is 0 Å². The van der Waals surface area contributed by atoms with Gasteiger partial charge < -0.3 is 10.1 Å². The van der Waals surface area contributed by atoms with Crippen LogP contribution in [0.15, 0.2) is 41.1 Å². The summed E-state index contributed by atoms with van der Waals surface area (Å²) in [7, 11) is 1.69. The number of hydrogen-bond acceptors (Lipinski definition) is 3. The molecule has 0 amide bonds. The van der Waals surface area contributed by atoms with E-state index in [2.05, 4.69) is 48.1 Å². The summed E-state index contributed by atoms with van der Waals surface area (Å²) in [6.07, 6.45) is 0. The summed E-state index contributed by atoms with van der Waals surface area (Å²) in [6, 6.07) is 11.1. The van der Waals surface area contributed by atoms with Crippen molar-refractivity contribution in [2.45, 2.75) is 25.9 Å². The molecule has 0 bridgehead atoms. The van der Waals surface area contributed by atoms with E-state index in [-0.39, 0.29) is 0 Å². The predicted octanol–water partition coefficient (Wildman–Crippen LogP) is 4.17. The van der Waals surface area contributed by atoms with Crippen molar-refractivity contribution in [1.82, 2.24) is 5.32 Å². The van der Waals surface area contributed by atoms with Gasteiger partial charge in [-0.05, 0) is 53.9 Å². The molecule has 0 aliphatic heterocycles. The monoisotopic (exact) mass is 261 g/mol. The maximum absolute atomic E-state index is 5.17. The summed E-state index contributed by atoms with van der Waals surface area (Å²) < 4.78 is 5.17. The minimum atomic E-state index is 0.325. The lowest BCUT2D eigenvalue weighted by Crippen LogP contribution is -2.22. The van der Waals surface area contributed by atoms with Crippen LogP contribution in [0.3, 0.4) is 0 Å². The topological polar surface area (TPSA) is 21.3 Å². The van der Waals surface area contributed by atoms with E-state index in [0.29, 0.717) is 12.1 Å². The molecule has 3 heteroatoms. The molecule has 0 aliphatic rings. The summed E-state index contributed by atoms with van der Waals surface area (Å²) in [5.41, 5.74) is 2.62. The molecular weight excluding hydrogens is 242 g/mol. The summed E-state index contributed by atoms with van der Waals surface area (Å²) in [4.78, 5) is 0. The van der Waals surface area contributed by atoms with E-state index in [1.54, 1.807) is 18.4 Å². The van der Waals surface area contributed by atoms with Gasteiger partial charge in [0, 0.05) is 12.1 Å². The maximum Gasteiger partial charge on any atom is 0.118 e. The molecule has 1 aromatic carbocycles. The zero-order valence-corrected chi connectivity index (χ0v) is 11.8. The van der Waals surface area contributed by atoms with E-state index in [0.717, 1.165) is 5.75 Å². The molecule has 0 fully saturated rings. The van der Waals surface area contributed by atoms with E-state index in [1.807, 2.05) is 12.1 Å². The Balaban J connectivity index is 2.00. The smallest absolute Gasteiger partial charge is 0.118 e. The van der Waals surface area contributed by atoms with E-state index < -0.39 is 0 Å². The molecular formula is C15H19NOS. The van der Waals surface area contributed by atoms with Gasteiger partial charge in [-0.3, -0.25) is 0 Å². The highest BCUT2D eigenvalue weighted by atomic mass is 32.1. The highest BCUT2D eigenvalue weighted by Gasteiger charge is 2.11. The summed E-state index contributed by atoms with van der Waals surface area (Å²) in [6.45, 7) is 4.38. The normalized spacial score (nSPS) is 14.2. The van der Waals surface area contributed by atoms with Crippen molar-refractivity contribution in [3.63, 3.8) is 0 Å². The van der Waals surface area contributed by atoms with Gasteiger partial charge in [-0.1, -0.05) is 12.1 Å². The largest absolute Gasteiger partial charge is 0.497 e. The molecule has 0 aliphatic carbocycles. The van der Waals surface area contributed by atoms with Gasteiger partial charge in [-0.2, -0.15) is 11.3 Å². The third kappa shape index (κ3) is 3.12. The Labute approximate surface area is 113 Å². The van der Waals surface area contributed by atoms with Crippen LogP contribution in [0.5, 0.6) is 5.75 Å². The van der Waals surface area contributed by atoms with Gasteiger partial charge in [-0.25, -0.2) is 0 Å². The van der Waals surface area contributed by atoms with Crippen LogP contribution in [0.25, 0.3) is 0 Å². The lowest BCUT2D eigenvalue weighted by Gasteiger charge is -2.20. The first-order chi connectivity index (χ1) is 8.70. The van der Waals surface area contributed by atoms with Crippen LogP contribution in [0.4, 0.5) is 0 Å². The summed E-state index contributed by atoms with van der Waals surface area (Å²) >= 11 is 1.74. The van der Waals surface area contributed by atoms with Gasteiger partial charge in [-0.15, -0.1) is 0 Å². The minimum absolute atomic E-state index is 0.325. The van der Waals surface area contributed by atoms with Crippen LogP contribution in [0.1, 0.15) is 37.1 Å². The molecule has 0 saturated heterocycles. The number of hydrogen-bond donors (Lipinski definition) is 1. The van der Waals surface area contributed by atoms with Crippen molar-refractivity contribution in [3.8, 4) is 5.75 Å². The van der Waals surface area contributed by atoms with Gasteiger partial charge in [0.1, 0.15) is 5.75 Å². The molecule has 2 atom stereocenters. The zero-order valence-electron chi connectivity index (χ0n) is 11.0. The predicted molar refractivity (Wildman–Crippen MR) is 77.3 cm³/mol. The molecule has 2 rings (SSSR count). The third-order valence-electron chi connectivity index (χ3n) is 3.16. The number of methoxy groups -OCH3 is 1. The first-order valence-corrected chi connectivity index (χ1v) is 7.07. The fourth-order valence-electron chi connectivity index (χ4n) is 1.98. The fraction of sp³-hybridized carbons (Fsp3) is 0.333. The van der Waals surface area contributed by atoms with Crippen molar-refractivity contribution in [3.05, 3.63) is 52.2 Å². The van der Waals surface area contributed by atoms with Crippen molar-refractivity contribution in [2.75, 3.05) is 7.11 Å². The highest BCUT2D eigenvalue weighted by Crippen LogP contribution is 2.22. The molecule has 96 valence electrons. The van der Waals surface area contributed by atoms with E-state index in [9.17, 15) is 0 Å². The molecule has 0 radical (unpaired) electrons. The lowest BCUT2D eigenvalue weighted by molar-refractivity contribution is 0.414. The molecule has 0 spiro atoms. The average molecular weight is 261 g/mol. The molecule has 0 saturated carbocycles. The van der Waals surface area contributed by atoms with Crippen molar-refractivity contribution in [1.29, 1.82) is 0 Å². The Morgan fingerprint density at radius 1 is 1.00 bits per heavy atom. The number of nitrogens with one attached hydrogen (secondary N) is 1. The van der Waals surface area contributed by atoms with E-state index in [1.165, 1.54) is 11.1 Å². The van der Waals surface area contributed by atoms with E-state index >= 15 is 0 Å². The first kappa shape index (κ1) is 13.1. The molecule has 1 aromatic heterocycles. The van der Waals surface area contributed by atoms with Gasteiger partial charge >= 0.3 is 0 Å². The molecule has 2 nitrogen and oxygen atoms in total. The Morgan fingerprint density at radius 2 is 1.67 bits per heavy atom. The lowest BCUT2D eigenvalue weighted by atomic mass is 10.1. The number of benzene rings is 1. The minimum Gasteiger partial charge on any atom is -0.497 e. The first-order valence-electron chi connectivity index (χ1n) is 6.13. The Morgan fingerprint density at radius 3 is 2.22 bits per heavy atom. The van der Waals surface area contributed by atoms with Crippen molar-refractivity contribution >= 4 is 11.3 Å². The van der Waals surface area contributed by atoms with Gasteiger partial charge in [0.25, 0.3) is 0 Å². The highest BCUT2D eigenvalue weighted by molar-refractivity contribution is 7.07. The second kappa shape index (κ2) is 6.03. The molecule has 1 N–H and O–H groups in total. The fourth-order valence-corrected chi connectivity index (χ4v) is 2.74. The Bertz CT molecular complexity index is 464. The van der Waals surface area contributed by atoms with Gasteiger partial charge in [0.15, 0.2) is 0 Å². The molecule has 18 heavy (non-hydrogen) atoms. The quantitative estimate of drug-likeness (QED) is 0.872. The second-order valence-corrected chi connectivity index (χ2v) is 5.22. The average Bonchev–Trinajstić information content (AvgIpc) is 2.92. The standard InChI is InChI=1S/C15H19NOS/c1-11(13-4-6-15(17-3)7-5-13)16-12(2)14-8-9-18-10-14/h4-12,16H,1-3H3/t11-,12?/m0/s1. The maximum atomic E-state index is 5.17. The Kier molecular flexibility index (Phi) is 4.39. The molecule has 2 aromatic rings. The SMILES string of the molecule is COc1ccc([C@H](C)NC(C)c2ccsc2)cc1. The Hall–Kier alpha value is -1.32. The van der Waals surface area contributed by atoms with Crippen LogP contribution < -0.4 is 10.1 Å². The third-order valence-corrected chi connectivity index (χ3v) is 3.86.